The number of allylic oxidation sites excluding steroid dienone is 1. The number of alkyl halides is 3. The number of nitrogens with one attached hydrogen (secondary N) is 3. The van der Waals surface area contributed by atoms with Crippen molar-refractivity contribution in [1.82, 2.24) is 30.3 Å². The topological polar surface area (TPSA) is 112 Å². The van der Waals surface area contributed by atoms with Crippen LogP contribution < -0.4 is 27.1 Å². The zero-order valence-electron chi connectivity index (χ0n) is 26.3. The van der Waals surface area contributed by atoms with Gasteiger partial charge in [0, 0.05) is 67.5 Å². The van der Waals surface area contributed by atoms with Crippen LogP contribution in [0.15, 0.2) is 58.1 Å². The Morgan fingerprint density at radius 1 is 1.13 bits per heavy atom. The highest BCUT2D eigenvalue weighted by Gasteiger charge is 2.46. The molecule has 4 aliphatic rings. The first-order valence-electron chi connectivity index (χ1n) is 16.5. The van der Waals surface area contributed by atoms with Crippen LogP contribution in [0.1, 0.15) is 70.4 Å². The molecule has 1 aliphatic carbocycles. The number of aromatic nitrogens is 3. The second-order valence-corrected chi connectivity index (χ2v) is 12.8. The average Bonchev–Trinajstić information content (AvgIpc) is 3.66. The normalized spacial score (nSPS) is 26.3. The molecular weight excluding hydrogens is 579 g/mol. The summed E-state index contributed by atoms with van der Waals surface area (Å²) in [7, 11) is 0. The van der Waals surface area contributed by atoms with Crippen LogP contribution in [0.4, 0.5) is 13.2 Å². The van der Waals surface area contributed by atoms with Crippen LogP contribution in [0.2, 0.25) is 0 Å². The van der Waals surface area contributed by atoms with Crippen LogP contribution >= 0.6 is 0 Å². The van der Waals surface area contributed by atoms with Gasteiger partial charge in [-0.25, -0.2) is 4.99 Å². The molecule has 3 aliphatic heterocycles. The Labute approximate surface area is 262 Å². The Bertz CT molecular complexity index is 1540. The van der Waals surface area contributed by atoms with E-state index in [0.717, 1.165) is 73.5 Å². The number of H-pyrrole nitrogens is 1. The Morgan fingerprint density at radius 2 is 1.96 bits per heavy atom. The number of piperidine rings is 1. The fourth-order valence-corrected chi connectivity index (χ4v) is 7.36. The van der Waals surface area contributed by atoms with Crippen molar-refractivity contribution in [2.45, 2.75) is 89.1 Å². The molecule has 9 nitrogen and oxygen atoms in total. The molecule has 0 spiro atoms. The van der Waals surface area contributed by atoms with E-state index in [1.165, 1.54) is 11.1 Å². The van der Waals surface area contributed by atoms with E-state index in [4.69, 9.17) is 10.8 Å². The van der Waals surface area contributed by atoms with Crippen LogP contribution in [-0.2, 0) is 0 Å². The number of likely N-dealkylation sites (tertiary alicyclic amines) is 1. The predicted octanol–water partition coefficient (Wildman–Crippen LogP) is 3.33. The van der Waals surface area contributed by atoms with Gasteiger partial charge in [-0.2, -0.15) is 18.3 Å². The second-order valence-electron chi connectivity index (χ2n) is 12.8. The maximum atomic E-state index is 13.6. The number of fused-ring (bicyclic) bond motifs is 1. The SMILES string of the molecule is CCNCC1=CC(NC2CCN(C3CC(n4cc(C5=c6cc[nH]c6=NC=C(CC)C5)cn4)C3CCN)CC2)=NC(C(F)(F)F)C1. The monoisotopic (exact) mass is 625 g/mol. The molecule has 5 heterocycles. The fraction of sp³-hybridized carbons (Fsp3) is 0.606. The van der Waals surface area contributed by atoms with Crippen LogP contribution in [-0.4, -0.2) is 82.5 Å². The minimum atomic E-state index is -4.35. The van der Waals surface area contributed by atoms with Crippen molar-refractivity contribution in [2.24, 2.45) is 21.6 Å². The first kappa shape index (κ1) is 31.7. The van der Waals surface area contributed by atoms with Gasteiger partial charge in [0.05, 0.1) is 12.2 Å². The highest BCUT2D eigenvalue weighted by Crippen LogP contribution is 2.44. The number of hydrogen-bond acceptors (Lipinski definition) is 7. The number of nitrogens with zero attached hydrogens (tertiary/aromatic N) is 5. The number of amidine groups is 1. The van der Waals surface area contributed by atoms with Gasteiger partial charge >= 0.3 is 6.18 Å². The van der Waals surface area contributed by atoms with Crippen molar-refractivity contribution < 1.29 is 13.2 Å². The number of nitrogens with two attached hydrogens (primary N) is 1. The summed E-state index contributed by atoms with van der Waals surface area (Å²) in [5, 5.41) is 12.5. The van der Waals surface area contributed by atoms with Crippen LogP contribution in [0.3, 0.4) is 0 Å². The Balaban J connectivity index is 1.09. The number of rotatable bonds is 10. The maximum absolute atomic E-state index is 13.6. The van der Waals surface area contributed by atoms with E-state index in [0.29, 0.717) is 43.5 Å². The van der Waals surface area contributed by atoms with Crippen molar-refractivity contribution in [3.05, 3.63) is 64.3 Å². The lowest BCUT2D eigenvalue weighted by atomic mass is 9.71. The largest absolute Gasteiger partial charge is 0.411 e. The number of aromatic amines is 1. The van der Waals surface area contributed by atoms with Gasteiger partial charge in [-0.3, -0.25) is 14.6 Å². The predicted molar refractivity (Wildman–Crippen MR) is 170 cm³/mol. The highest BCUT2D eigenvalue weighted by atomic mass is 19.4. The zero-order chi connectivity index (χ0) is 31.6. The third-order valence-corrected chi connectivity index (χ3v) is 9.97. The second kappa shape index (κ2) is 13.6. The Hall–Kier alpha value is -3.22. The smallest absolute Gasteiger partial charge is 0.368 e. The van der Waals surface area contributed by atoms with E-state index >= 15 is 0 Å². The molecule has 1 saturated heterocycles. The Kier molecular flexibility index (Phi) is 9.62. The molecule has 4 atom stereocenters. The molecule has 1 saturated carbocycles. The van der Waals surface area contributed by atoms with Gasteiger partial charge in [0.15, 0.2) is 6.04 Å². The summed E-state index contributed by atoms with van der Waals surface area (Å²) < 4.78 is 43.0. The zero-order valence-corrected chi connectivity index (χ0v) is 26.3. The summed E-state index contributed by atoms with van der Waals surface area (Å²) >= 11 is 0. The average molecular weight is 626 g/mol. The number of aliphatic imine (C=N–C) groups is 1. The standard InChI is InChI=1S/C33H46F3N9/c1-3-21-13-27(25-6-10-39-32(25)40-18-21)23-19-41-45(20-23)29-16-28(26(29)5-9-37)44-11-7-24(8-12-44)42-31-15-22(17-38-4-2)14-30(43-31)33(34,35)36/h6,10,15,18-20,24,26,28-30,38H,3-5,7-9,11-14,16-17,37H2,1-2H3,(H,39,40)(H,42,43). The third kappa shape index (κ3) is 6.97. The van der Waals surface area contributed by atoms with Gasteiger partial charge in [0.1, 0.15) is 11.3 Å². The molecule has 244 valence electrons. The molecule has 0 radical (unpaired) electrons. The van der Waals surface area contributed by atoms with Crippen LogP contribution in [0.25, 0.3) is 5.57 Å². The van der Waals surface area contributed by atoms with Gasteiger partial charge in [0.25, 0.3) is 0 Å². The van der Waals surface area contributed by atoms with Crippen molar-refractivity contribution in [2.75, 3.05) is 32.7 Å². The fourth-order valence-electron chi connectivity index (χ4n) is 7.36. The lowest BCUT2D eigenvalue weighted by molar-refractivity contribution is -0.146. The molecule has 6 rings (SSSR count). The third-order valence-electron chi connectivity index (χ3n) is 9.97. The number of likely N-dealkylation sites (N-methyl/N-ethyl adjacent to an activating group) is 1. The van der Waals surface area contributed by atoms with E-state index in [1.807, 2.05) is 31.6 Å². The van der Waals surface area contributed by atoms with Crippen LogP contribution in [0.5, 0.6) is 0 Å². The van der Waals surface area contributed by atoms with E-state index in [-0.39, 0.29) is 12.5 Å². The molecular formula is C33H46F3N9. The molecule has 12 heteroatoms. The minimum Gasteiger partial charge on any atom is -0.368 e. The van der Waals surface area contributed by atoms with Gasteiger partial charge in [-0.15, -0.1) is 0 Å². The molecule has 2 aromatic heterocycles. The van der Waals surface area contributed by atoms with E-state index < -0.39 is 12.2 Å². The summed E-state index contributed by atoms with van der Waals surface area (Å²) in [6.45, 7) is 7.70. The summed E-state index contributed by atoms with van der Waals surface area (Å²) in [6.07, 6.45) is 11.0. The van der Waals surface area contributed by atoms with Gasteiger partial charge in [-0.1, -0.05) is 19.4 Å². The number of halogens is 3. The molecule has 2 aromatic rings. The molecule has 2 fully saturated rings. The van der Waals surface area contributed by atoms with Crippen molar-refractivity contribution >= 4 is 11.4 Å². The first-order chi connectivity index (χ1) is 21.8. The van der Waals surface area contributed by atoms with Crippen molar-refractivity contribution in [3.63, 3.8) is 0 Å². The molecule has 0 bridgehead atoms. The van der Waals surface area contributed by atoms with Crippen molar-refractivity contribution in [1.29, 1.82) is 0 Å². The number of hydrogen-bond donors (Lipinski definition) is 4. The summed E-state index contributed by atoms with van der Waals surface area (Å²) in [6, 6.07) is 1.24. The lowest BCUT2D eigenvalue weighted by Crippen LogP contribution is -2.57. The van der Waals surface area contributed by atoms with Gasteiger partial charge < -0.3 is 21.4 Å². The van der Waals surface area contributed by atoms with Crippen molar-refractivity contribution in [3.8, 4) is 0 Å². The van der Waals surface area contributed by atoms with E-state index in [9.17, 15) is 13.2 Å². The summed E-state index contributed by atoms with van der Waals surface area (Å²) in [5.74, 6) is 0.768. The Morgan fingerprint density at radius 3 is 2.69 bits per heavy atom. The highest BCUT2D eigenvalue weighted by molar-refractivity contribution is 5.94. The summed E-state index contributed by atoms with van der Waals surface area (Å²) in [4.78, 5) is 14.5. The quantitative estimate of drug-likeness (QED) is 0.324. The molecule has 0 aromatic carbocycles. The maximum Gasteiger partial charge on any atom is 0.411 e. The summed E-state index contributed by atoms with van der Waals surface area (Å²) in [5.41, 5.74) is 11.4. The lowest BCUT2D eigenvalue weighted by Gasteiger charge is -2.52. The van der Waals surface area contributed by atoms with E-state index in [1.54, 1.807) is 0 Å². The van der Waals surface area contributed by atoms with Gasteiger partial charge in [0.2, 0.25) is 0 Å². The molecule has 4 unspecified atom stereocenters. The minimum absolute atomic E-state index is 0.0810. The molecule has 5 N–H and O–H groups in total. The molecule has 45 heavy (non-hydrogen) atoms. The van der Waals surface area contributed by atoms with Crippen LogP contribution in [0, 0.1) is 5.92 Å². The van der Waals surface area contributed by atoms with Gasteiger partial charge in [-0.05, 0) is 80.8 Å². The molecule has 0 amide bonds. The first-order valence-corrected chi connectivity index (χ1v) is 16.5. The van der Waals surface area contributed by atoms with E-state index in [2.05, 4.69) is 54.4 Å². The number of dihydropyridines is 1.